The molecule has 1 aliphatic carbocycles. The molecule has 1 saturated carbocycles. The summed E-state index contributed by atoms with van der Waals surface area (Å²) in [5.41, 5.74) is 0.928. The highest BCUT2D eigenvalue weighted by Crippen LogP contribution is 2.26. The summed E-state index contributed by atoms with van der Waals surface area (Å²) in [5, 5.41) is 3.02. The third-order valence-electron chi connectivity index (χ3n) is 5.37. The molecular weight excluding hydrogens is 319 g/mol. The van der Waals surface area contributed by atoms with Gasteiger partial charge in [0.1, 0.15) is 5.82 Å². The van der Waals surface area contributed by atoms with Gasteiger partial charge in [0.05, 0.1) is 0 Å². The van der Waals surface area contributed by atoms with E-state index in [2.05, 4.69) is 5.32 Å². The first-order valence-electron chi connectivity index (χ1n) is 9.39. The Kier molecular flexibility index (Phi) is 6.05. The van der Waals surface area contributed by atoms with Crippen LogP contribution in [-0.2, 0) is 16.1 Å². The van der Waals surface area contributed by atoms with Gasteiger partial charge in [-0.2, -0.15) is 0 Å². The van der Waals surface area contributed by atoms with Crippen LogP contribution in [0.25, 0.3) is 0 Å². The van der Waals surface area contributed by atoms with Crippen molar-refractivity contribution in [2.24, 2.45) is 11.8 Å². The number of carbonyl (C=O) groups is 2. The minimum Gasteiger partial charge on any atom is -0.356 e. The van der Waals surface area contributed by atoms with Gasteiger partial charge in [0, 0.05) is 38.4 Å². The molecule has 2 fully saturated rings. The highest BCUT2D eigenvalue weighted by Gasteiger charge is 2.29. The first-order valence-corrected chi connectivity index (χ1v) is 9.39. The summed E-state index contributed by atoms with van der Waals surface area (Å²) in [4.78, 5) is 26.1. The molecule has 2 aliphatic rings. The number of carbonyl (C=O) groups excluding carboxylic acids is 2. The molecule has 1 heterocycles. The highest BCUT2D eigenvalue weighted by molar-refractivity contribution is 5.79. The van der Waals surface area contributed by atoms with Gasteiger partial charge in [-0.3, -0.25) is 9.59 Å². The smallest absolute Gasteiger partial charge is 0.223 e. The predicted octanol–water partition coefficient (Wildman–Crippen LogP) is 3.26. The van der Waals surface area contributed by atoms with Crippen molar-refractivity contribution < 1.29 is 14.0 Å². The molecule has 1 N–H and O–H groups in total. The SMILES string of the molecule is O=C(CC1CCCCC1)NC[C@@H]1CC(=O)N(Cc2ccc(F)cc2)C1. The largest absolute Gasteiger partial charge is 0.356 e. The van der Waals surface area contributed by atoms with E-state index in [1.807, 2.05) is 0 Å². The van der Waals surface area contributed by atoms with Crippen LogP contribution in [0.5, 0.6) is 0 Å². The first-order chi connectivity index (χ1) is 12.1. The standard InChI is InChI=1S/C20H27FN2O2/c21-18-8-6-16(7-9-18)13-23-14-17(11-20(23)25)12-22-19(24)10-15-4-2-1-3-5-15/h6-9,15,17H,1-5,10-14H2,(H,22,24)/t17-/m0/s1. The summed E-state index contributed by atoms with van der Waals surface area (Å²) in [7, 11) is 0. The van der Waals surface area contributed by atoms with Gasteiger partial charge in [0.2, 0.25) is 11.8 Å². The number of nitrogens with zero attached hydrogens (tertiary/aromatic N) is 1. The molecule has 1 aromatic rings. The van der Waals surface area contributed by atoms with Gasteiger partial charge in [-0.15, -0.1) is 0 Å². The third-order valence-corrected chi connectivity index (χ3v) is 5.37. The van der Waals surface area contributed by atoms with Gasteiger partial charge in [-0.05, 0) is 36.5 Å². The lowest BCUT2D eigenvalue weighted by molar-refractivity contribution is -0.128. The van der Waals surface area contributed by atoms with Crippen LogP contribution in [-0.4, -0.2) is 29.8 Å². The number of hydrogen-bond donors (Lipinski definition) is 1. The lowest BCUT2D eigenvalue weighted by Gasteiger charge is -2.21. The molecule has 0 bridgehead atoms. The van der Waals surface area contributed by atoms with Crippen molar-refractivity contribution in [3.05, 3.63) is 35.6 Å². The normalized spacial score (nSPS) is 21.6. The zero-order valence-electron chi connectivity index (χ0n) is 14.7. The van der Waals surface area contributed by atoms with E-state index in [1.54, 1.807) is 17.0 Å². The Bertz CT molecular complexity index is 596. The molecule has 4 nitrogen and oxygen atoms in total. The van der Waals surface area contributed by atoms with E-state index in [0.29, 0.717) is 38.4 Å². The molecule has 1 aromatic carbocycles. The molecule has 0 radical (unpaired) electrons. The molecule has 1 aliphatic heterocycles. The molecule has 1 saturated heterocycles. The number of likely N-dealkylation sites (tertiary alicyclic amines) is 1. The number of benzene rings is 1. The Morgan fingerprint density at radius 1 is 1.12 bits per heavy atom. The van der Waals surface area contributed by atoms with Gasteiger partial charge in [0.25, 0.3) is 0 Å². The van der Waals surface area contributed by atoms with Gasteiger partial charge in [-0.25, -0.2) is 4.39 Å². The fraction of sp³-hybridized carbons (Fsp3) is 0.600. The lowest BCUT2D eigenvalue weighted by atomic mass is 9.87. The van der Waals surface area contributed by atoms with Crippen LogP contribution in [0.3, 0.4) is 0 Å². The monoisotopic (exact) mass is 346 g/mol. The van der Waals surface area contributed by atoms with Crippen LogP contribution in [0.15, 0.2) is 24.3 Å². The maximum absolute atomic E-state index is 13.0. The molecule has 2 amide bonds. The van der Waals surface area contributed by atoms with Crippen molar-refractivity contribution in [3.8, 4) is 0 Å². The first kappa shape index (κ1) is 17.9. The van der Waals surface area contributed by atoms with Crippen LogP contribution >= 0.6 is 0 Å². The third kappa shape index (κ3) is 5.28. The number of hydrogen-bond acceptors (Lipinski definition) is 2. The molecule has 25 heavy (non-hydrogen) atoms. The van der Waals surface area contributed by atoms with E-state index in [4.69, 9.17) is 0 Å². The molecule has 0 aromatic heterocycles. The number of amides is 2. The van der Waals surface area contributed by atoms with E-state index in [1.165, 1.54) is 44.2 Å². The summed E-state index contributed by atoms with van der Waals surface area (Å²) in [6.07, 6.45) is 7.22. The highest BCUT2D eigenvalue weighted by atomic mass is 19.1. The van der Waals surface area contributed by atoms with E-state index in [9.17, 15) is 14.0 Å². The Morgan fingerprint density at radius 2 is 1.84 bits per heavy atom. The van der Waals surface area contributed by atoms with Crippen LogP contribution < -0.4 is 5.32 Å². The average Bonchev–Trinajstić information content (AvgIpc) is 2.96. The van der Waals surface area contributed by atoms with Crippen molar-refractivity contribution in [3.63, 3.8) is 0 Å². The minimum absolute atomic E-state index is 0.107. The molecular formula is C20H27FN2O2. The number of rotatable bonds is 6. The Labute approximate surface area is 148 Å². The second-order valence-electron chi connectivity index (χ2n) is 7.48. The van der Waals surface area contributed by atoms with E-state index in [0.717, 1.165) is 5.56 Å². The Hall–Kier alpha value is -1.91. The van der Waals surface area contributed by atoms with Crippen LogP contribution in [0.2, 0.25) is 0 Å². The maximum Gasteiger partial charge on any atom is 0.223 e. The predicted molar refractivity (Wildman–Crippen MR) is 94.1 cm³/mol. The number of halogens is 1. The van der Waals surface area contributed by atoms with E-state index >= 15 is 0 Å². The maximum atomic E-state index is 13.0. The molecule has 3 rings (SSSR count). The van der Waals surface area contributed by atoms with Gasteiger partial charge in [0.15, 0.2) is 0 Å². The van der Waals surface area contributed by atoms with Gasteiger partial charge < -0.3 is 10.2 Å². The average molecular weight is 346 g/mol. The summed E-state index contributed by atoms with van der Waals surface area (Å²) >= 11 is 0. The Balaban J connectivity index is 1.41. The Morgan fingerprint density at radius 3 is 2.56 bits per heavy atom. The fourth-order valence-electron chi connectivity index (χ4n) is 3.94. The fourth-order valence-corrected chi connectivity index (χ4v) is 3.94. The molecule has 5 heteroatoms. The van der Waals surface area contributed by atoms with E-state index in [-0.39, 0.29) is 23.5 Å². The quantitative estimate of drug-likeness (QED) is 0.859. The summed E-state index contributed by atoms with van der Waals surface area (Å²) in [5.74, 6) is 0.666. The van der Waals surface area contributed by atoms with Crippen molar-refractivity contribution in [1.82, 2.24) is 10.2 Å². The van der Waals surface area contributed by atoms with Crippen molar-refractivity contribution >= 4 is 11.8 Å². The second kappa shape index (κ2) is 8.45. The lowest BCUT2D eigenvalue weighted by Crippen LogP contribution is -2.32. The summed E-state index contributed by atoms with van der Waals surface area (Å²) in [6.45, 7) is 1.72. The van der Waals surface area contributed by atoms with Crippen LogP contribution in [0.1, 0.15) is 50.5 Å². The van der Waals surface area contributed by atoms with Gasteiger partial charge in [-0.1, -0.05) is 31.4 Å². The van der Waals surface area contributed by atoms with Gasteiger partial charge >= 0.3 is 0 Å². The summed E-state index contributed by atoms with van der Waals surface area (Å²) < 4.78 is 13.0. The zero-order chi connectivity index (χ0) is 17.6. The molecule has 136 valence electrons. The molecule has 0 unspecified atom stereocenters. The molecule has 1 atom stereocenters. The van der Waals surface area contributed by atoms with Crippen molar-refractivity contribution in [2.45, 2.75) is 51.5 Å². The minimum atomic E-state index is -0.268. The van der Waals surface area contributed by atoms with Crippen LogP contribution in [0, 0.1) is 17.7 Å². The molecule has 0 spiro atoms. The summed E-state index contributed by atoms with van der Waals surface area (Å²) in [6, 6.07) is 6.25. The zero-order valence-corrected chi connectivity index (χ0v) is 14.7. The number of nitrogens with one attached hydrogen (secondary N) is 1. The van der Waals surface area contributed by atoms with E-state index < -0.39 is 0 Å². The second-order valence-corrected chi connectivity index (χ2v) is 7.48. The topological polar surface area (TPSA) is 49.4 Å². The van der Waals surface area contributed by atoms with Crippen molar-refractivity contribution in [2.75, 3.05) is 13.1 Å². The van der Waals surface area contributed by atoms with Crippen LogP contribution in [0.4, 0.5) is 4.39 Å². The van der Waals surface area contributed by atoms with Crippen molar-refractivity contribution in [1.29, 1.82) is 0 Å².